The molecule has 0 unspecified atom stereocenters. The molecule has 0 spiro atoms. The summed E-state index contributed by atoms with van der Waals surface area (Å²) >= 11 is 0. The van der Waals surface area contributed by atoms with Crippen molar-refractivity contribution in [3.63, 3.8) is 0 Å². The first-order chi connectivity index (χ1) is 11.5. The molecule has 0 saturated heterocycles. The largest absolute Gasteiger partial charge is 0.393 e. The van der Waals surface area contributed by atoms with Crippen LogP contribution < -0.4 is 11.1 Å². The summed E-state index contributed by atoms with van der Waals surface area (Å²) in [5.74, 6) is -0.454. The van der Waals surface area contributed by atoms with Gasteiger partial charge in [-0.3, -0.25) is 14.9 Å². The summed E-state index contributed by atoms with van der Waals surface area (Å²) < 4.78 is 1.69. The molecule has 3 rings (SSSR count). The third-order valence-electron chi connectivity index (χ3n) is 3.38. The van der Waals surface area contributed by atoms with Crippen molar-refractivity contribution in [3.05, 3.63) is 76.6 Å². The minimum atomic E-state index is -0.620. The van der Waals surface area contributed by atoms with Gasteiger partial charge in [-0.25, -0.2) is 4.68 Å². The minimum Gasteiger partial charge on any atom is -0.393 e. The highest BCUT2D eigenvalue weighted by Gasteiger charge is 2.15. The number of hydrogen-bond donors (Lipinski definition) is 2. The smallest absolute Gasteiger partial charge is 0.292 e. The van der Waals surface area contributed by atoms with Gasteiger partial charge >= 0.3 is 0 Å². The number of aromatic nitrogens is 2. The van der Waals surface area contributed by atoms with Crippen LogP contribution in [0.1, 0.15) is 10.4 Å². The topological polar surface area (TPSA) is 116 Å². The van der Waals surface area contributed by atoms with Gasteiger partial charge in [0.05, 0.1) is 10.6 Å². The fourth-order valence-electron chi connectivity index (χ4n) is 2.17. The van der Waals surface area contributed by atoms with Crippen molar-refractivity contribution in [2.75, 3.05) is 11.1 Å². The van der Waals surface area contributed by atoms with Gasteiger partial charge < -0.3 is 11.1 Å². The molecule has 0 atom stereocenters. The number of nitrogens with one attached hydrogen (secondary N) is 1. The number of hydrogen-bond acceptors (Lipinski definition) is 5. The first-order valence-corrected chi connectivity index (χ1v) is 7.00. The Labute approximate surface area is 136 Å². The molecule has 1 aromatic heterocycles. The number of nitro benzene ring substituents is 1. The van der Waals surface area contributed by atoms with Crippen molar-refractivity contribution >= 4 is 23.0 Å². The normalized spacial score (nSPS) is 10.3. The Morgan fingerprint density at radius 3 is 2.58 bits per heavy atom. The Morgan fingerprint density at radius 1 is 1.21 bits per heavy atom. The van der Waals surface area contributed by atoms with Crippen molar-refractivity contribution in [3.8, 4) is 5.69 Å². The van der Waals surface area contributed by atoms with Crippen LogP contribution in [0.4, 0.5) is 17.1 Å². The van der Waals surface area contributed by atoms with E-state index in [9.17, 15) is 14.9 Å². The van der Waals surface area contributed by atoms with E-state index >= 15 is 0 Å². The molecule has 3 N–H and O–H groups in total. The van der Waals surface area contributed by atoms with Gasteiger partial charge in [-0.2, -0.15) is 5.10 Å². The van der Waals surface area contributed by atoms with Crippen LogP contribution in [-0.4, -0.2) is 20.6 Å². The van der Waals surface area contributed by atoms with Crippen molar-refractivity contribution in [2.24, 2.45) is 0 Å². The first kappa shape index (κ1) is 15.2. The second kappa shape index (κ2) is 6.21. The number of nitro groups is 1. The summed E-state index contributed by atoms with van der Waals surface area (Å²) in [5, 5.41) is 17.7. The van der Waals surface area contributed by atoms with Crippen LogP contribution in [0.15, 0.2) is 60.9 Å². The molecule has 3 aromatic rings. The average molecular weight is 323 g/mol. The summed E-state index contributed by atoms with van der Waals surface area (Å²) in [4.78, 5) is 22.5. The minimum absolute atomic E-state index is 0.0140. The Bertz CT molecular complexity index is 889. The highest BCUT2D eigenvalue weighted by molar-refractivity contribution is 6.05. The van der Waals surface area contributed by atoms with E-state index in [-0.39, 0.29) is 16.9 Å². The average Bonchev–Trinajstić information content (AvgIpc) is 3.10. The molecule has 0 aliphatic carbocycles. The molecule has 24 heavy (non-hydrogen) atoms. The quantitative estimate of drug-likeness (QED) is 0.435. The van der Waals surface area contributed by atoms with E-state index in [1.54, 1.807) is 41.3 Å². The van der Waals surface area contributed by atoms with E-state index in [0.717, 1.165) is 11.8 Å². The maximum atomic E-state index is 12.2. The van der Waals surface area contributed by atoms with Crippen molar-refractivity contribution in [2.45, 2.75) is 0 Å². The lowest BCUT2D eigenvalue weighted by atomic mass is 10.1. The van der Waals surface area contributed by atoms with E-state index < -0.39 is 10.8 Å². The second-order valence-electron chi connectivity index (χ2n) is 4.98. The van der Waals surface area contributed by atoms with Crippen molar-refractivity contribution in [1.82, 2.24) is 9.78 Å². The zero-order chi connectivity index (χ0) is 17.1. The molecule has 0 bridgehead atoms. The molecule has 1 amide bonds. The Kier molecular flexibility index (Phi) is 3.94. The molecular formula is C16H13N5O3. The van der Waals surface area contributed by atoms with Gasteiger partial charge in [-0.15, -0.1) is 0 Å². The SMILES string of the molecule is Nc1ccc(C(=O)Nc2ccc(-n3cccn3)cc2)cc1[N+](=O)[O-]. The molecular weight excluding hydrogens is 310 g/mol. The number of carbonyl (C=O) groups is 1. The summed E-state index contributed by atoms with van der Waals surface area (Å²) in [7, 11) is 0. The molecule has 0 fully saturated rings. The molecule has 0 aliphatic rings. The lowest BCUT2D eigenvalue weighted by Crippen LogP contribution is -2.12. The summed E-state index contributed by atoms with van der Waals surface area (Å²) in [6.45, 7) is 0. The van der Waals surface area contributed by atoms with Crippen molar-refractivity contribution in [1.29, 1.82) is 0 Å². The Morgan fingerprint density at radius 2 is 1.96 bits per heavy atom. The molecule has 120 valence electrons. The van der Waals surface area contributed by atoms with Crippen molar-refractivity contribution < 1.29 is 9.72 Å². The van der Waals surface area contributed by atoms with Gasteiger partial charge in [0, 0.05) is 29.7 Å². The number of nitrogen functional groups attached to an aromatic ring is 1. The second-order valence-corrected chi connectivity index (χ2v) is 4.98. The summed E-state index contributed by atoms with van der Waals surface area (Å²) in [6, 6.07) is 12.8. The van der Waals surface area contributed by atoms with Crippen LogP contribution >= 0.6 is 0 Å². The van der Waals surface area contributed by atoms with Crippen LogP contribution in [0.2, 0.25) is 0 Å². The van der Waals surface area contributed by atoms with E-state index in [0.29, 0.717) is 5.69 Å². The Hall–Kier alpha value is -3.68. The van der Waals surface area contributed by atoms with Crippen LogP contribution in [0.3, 0.4) is 0 Å². The van der Waals surface area contributed by atoms with Crippen LogP contribution in [-0.2, 0) is 0 Å². The number of nitrogens with two attached hydrogens (primary N) is 1. The summed E-state index contributed by atoms with van der Waals surface area (Å²) in [5.41, 5.74) is 6.82. The molecule has 1 heterocycles. The maximum absolute atomic E-state index is 12.2. The van der Waals surface area contributed by atoms with E-state index in [2.05, 4.69) is 10.4 Å². The molecule has 0 saturated carbocycles. The van der Waals surface area contributed by atoms with E-state index in [1.165, 1.54) is 12.1 Å². The van der Waals surface area contributed by atoms with Gasteiger partial charge in [-0.1, -0.05) is 0 Å². The number of rotatable bonds is 4. The predicted octanol–water partition coefficient (Wildman–Crippen LogP) is 2.62. The number of amides is 1. The maximum Gasteiger partial charge on any atom is 0.292 e. The number of nitrogens with zero attached hydrogens (tertiary/aromatic N) is 3. The molecule has 8 heteroatoms. The molecule has 2 aromatic carbocycles. The lowest BCUT2D eigenvalue weighted by Gasteiger charge is -2.07. The molecule has 8 nitrogen and oxygen atoms in total. The fourth-order valence-corrected chi connectivity index (χ4v) is 2.17. The van der Waals surface area contributed by atoms with E-state index in [4.69, 9.17) is 5.73 Å². The number of anilines is 2. The monoisotopic (exact) mass is 323 g/mol. The van der Waals surface area contributed by atoms with Gasteiger partial charge in [0.2, 0.25) is 0 Å². The number of carbonyl (C=O) groups excluding carboxylic acids is 1. The van der Waals surface area contributed by atoms with Crippen LogP contribution in [0.5, 0.6) is 0 Å². The van der Waals surface area contributed by atoms with Gasteiger partial charge in [-0.05, 0) is 42.5 Å². The van der Waals surface area contributed by atoms with Crippen LogP contribution in [0, 0.1) is 10.1 Å². The third-order valence-corrected chi connectivity index (χ3v) is 3.38. The first-order valence-electron chi connectivity index (χ1n) is 7.00. The predicted molar refractivity (Wildman–Crippen MR) is 89.0 cm³/mol. The zero-order valence-corrected chi connectivity index (χ0v) is 12.4. The highest BCUT2D eigenvalue weighted by Crippen LogP contribution is 2.23. The van der Waals surface area contributed by atoms with E-state index in [1.807, 2.05) is 6.07 Å². The summed E-state index contributed by atoms with van der Waals surface area (Å²) in [6.07, 6.45) is 3.48. The standard InChI is InChI=1S/C16H13N5O3/c17-14-7-2-11(10-15(14)21(23)24)16(22)19-12-3-5-13(6-4-12)20-9-1-8-18-20/h1-10H,17H2,(H,19,22). The van der Waals surface area contributed by atoms with Gasteiger partial charge in [0.1, 0.15) is 5.69 Å². The number of benzene rings is 2. The van der Waals surface area contributed by atoms with Gasteiger partial charge in [0.25, 0.3) is 11.6 Å². The Balaban J connectivity index is 1.77. The van der Waals surface area contributed by atoms with Crippen LogP contribution in [0.25, 0.3) is 5.69 Å². The lowest BCUT2D eigenvalue weighted by molar-refractivity contribution is -0.383. The third kappa shape index (κ3) is 3.07. The molecule has 0 aliphatic heterocycles. The zero-order valence-electron chi connectivity index (χ0n) is 12.4. The fraction of sp³-hybridized carbons (Fsp3) is 0. The molecule has 0 radical (unpaired) electrons. The van der Waals surface area contributed by atoms with Gasteiger partial charge in [0.15, 0.2) is 0 Å². The highest BCUT2D eigenvalue weighted by atomic mass is 16.6.